The molecule has 0 aromatic heterocycles. The molecular formula is C14H13FN4O2. The zero-order valence-corrected chi connectivity index (χ0v) is 11.3. The lowest BCUT2D eigenvalue weighted by molar-refractivity contribution is -0.421. The molecule has 0 amide bonds. The third kappa shape index (κ3) is 3.59. The van der Waals surface area contributed by atoms with Gasteiger partial charge in [-0.25, -0.2) is 9.38 Å². The maximum Gasteiger partial charge on any atom is 0.310 e. The Balaban J connectivity index is 2.35. The summed E-state index contributed by atoms with van der Waals surface area (Å²) in [6.45, 7) is 5.32. The highest BCUT2D eigenvalue weighted by atomic mass is 19.1. The molecule has 21 heavy (non-hydrogen) atoms. The van der Waals surface area contributed by atoms with Crippen molar-refractivity contribution >= 4 is 11.5 Å². The summed E-state index contributed by atoms with van der Waals surface area (Å²) < 4.78 is 13.5. The first-order chi connectivity index (χ1) is 9.97. The van der Waals surface area contributed by atoms with Crippen molar-refractivity contribution in [2.45, 2.75) is 13.3 Å². The van der Waals surface area contributed by atoms with Crippen LogP contribution in [0.5, 0.6) is 0 Å². The van der Waals surface area contributed by atoms with Gasteiger partial charge in [0, 0.05) is 17.5 Å². The third-order valence-electron chi connectivity index (χ3n) is 2.82. The van der Waals surface area contributed by atoms with E-state index in [0.717, 1.165) is 6.20 Å². The quantitative estimate of drug-likeness (QED) is 0.626. The van der Waals surface area contributed by atoms with Crippen molar-refractivity contribution in [2.24, 2.45) is 9.98 Å². The Labute approximate surface area is 120 Å². The van der Waals surface area contributed by atoms with E-state index in [1.54, 1.807) is 19.2 Å². The molecule has 0 radical (unpaired) electrons. The number of nitrogens with zero attached hydrogens (tertiary/aromatic N) is 3. The Morgan fingerprint density at radius 1 is 1.38 bits per heavy atom. The van der Waals surface area contributed by atoms with Gasteiger partial charge in [0.2, 0.25) is 0 Å². The number of hydrogen-bond donors (Lipinski definition) is 1. The zero-order valence-electron chi connectivity index (χ0n) is 11.3. The first-order valence-corrected chi connectivity index (χ1v) is 6.13. The van der Waals surface area contributed by atoms with Gasteiger partial charge in [0.25, 0.3) is 0 Å². The lowest BCUT2D eigenvalue weighted by Crippen LogP contribution is -2.29. The fraction of sp³-hybridized carbons (Fsp3) is 0.143. The summed E-state index contributed by atoms with van der Waals surface area (Å²) in [7, 11) is 0. The summed E-state index contributed by atoms with van der Waals surface area (Å²) in [6, 6.07) is 0. The highest BCUT2D eigenvalue weighted by Gasteiger charge is 2.22. The average Bonchev–Trinajstić information content (AvgIpc) is 2.51. The minimum atomic E-state index is -0.570. The first-order valence-electron chi connectivity index (χ1n) is 6.13. The molecule has 0 atom stereocenters. The Bertz CT molecular complexity index is 681. The van der Waals surface area contributed by atoms with E-state index in [1.807, 2.05) is 0 Å². The molecule has 0 bridgehead atoms. The number of halogens is 1. The maximum absolute atomic E-state index is 13.5. The molecule has 0 unspecified atom stereocenters. The fourth-order valence-corrected chi connectivity index (χ4v) is 1.67. The van der Waals surface area contributed by atoms with Gasteiger partial charge in [-0.3, -0.25) is 15.1 Å². The van der Waals surface area contributed by atoms with E-state index in [0.29, 0.717) is 17.1 Å². The molecule has 7 heteroatoms. The molecule has 0 spiro atoms. The molecule has 0 aliphatic carbocycles. The van der Waals surface area contributed by atoms with Crippen LogP contribution in [-0.2, 0) is 0 Å². The molecule has 2 heterocycles. The second kappa shape index (κ2) is 6.08. The standard InChI is InChI=1S/C14H13FN4O2/c1-9-3-5-12(15)6-4-11(7-16-9)14-17-8-13(19(20)21)10(2)18-14/h3,5-8H,2,4H2,1H3,(H,17,18)/b5-3-,11-7+,12-6+,16-9+. The lowest BCUT2D eigenvalue weighted by Gasteiger charge is -2.15. The van der Waals surface area contributed by atoms with Crippen molar-refractivity contribution in [2.75, 3.05) is 0 Å². The Morgan fingerprint density at radius 2 is 2.14 bits per heavy atom. The number of aliphatic imine (C=N–C) groups is 2. The van der Waals surface area contributed by atoms with E-state index in [4.69, 9.17) is 0 Å². The number of nitro groups is 1. The van der Waals surface area contributed by atoms with Gasteiger partial charge >= 0.3 is 5.70 Å². The van der Waals surface area contributed by atoms with Crippen LogP contribution in [0.3, 0.4) is 0 Å². The van der Waals surface area contributed by atoms with E-state index in [-0.39, 0.29) is 23.6 Å². The Morgan fingerprint density at radius 3 is 2.81 bits per heavy atom. The van der Waals surface area contributed by atoms with E-state index < -0.39 is 4.92 Å². The fourth-order valence-electron chi connectivity index (χ4n) is 1.67. The minimum absolute atomic E-state index is 0.133. The summed E-state index contributed by atoms with van der Waals surface area (Å²) in [5, 5.41) is 13.5. The van der Waals surface area contributed by atoms with Gasteiger partial charge in [-0.05, 0) is 31.6 Å². The van der Waals surface area contributed by atoms with Crippen LogP contribution < -0.4 is 5.32 Å². The van der Waals surface area contributed by atoms with E-state index in [2.05, 4.69) is 21.9 Å². The van der Waals surface area contributed by atoms with Gasteiger partial charge < -0.3 is 5.32 Å². The largest absolute Gasteiger partial charge is 0.335 e. The highest BCUT2D eigenvalue weighted by molar-refractivity contribution is 6.01. The normalized spacial score (nSPS) is 27.9. The molecule has 0 aromatic carbocycles. The first kappa shape index (κ1) is 14.6. The van der Waals surface area contributed by atoms with Crippen LogP contribution in [0.25, 0.3) is 0 Å². The minimum Gasteiger partial charge on any atom is -0.335 e. The zero-order chi connectivity index (χ0) is 15.4. The van der Waals surface area contributed by atoms with Crippen LogP contribution in [0, 0.1) is 10.1 Å². The number of amidine groups is 1. The van der Waals surface area contributed by atoms with Gasteiger partial charge in [0.15, 0.2) is 0 Å². The predicted octanol–water partition coefficient (Wildman–Crippen LogP) is 2.78. The number of hydrogen-bond acceptors (Lipinski definition) is 5. The van der Waals surface area contributed by atoms with Crippen molar-refractivity contribution in [3.05, 3.63) is 70.1 Å². The van der Waals surface area contributed by atoms with Crippen molar-refractivity contribution in [3.63, 3.8) is 0 Å². The third-order valence-corrected chi connectivity index (χ3v) is 2.82. The molecule has 6 nitrogen and oxygen atoms in total. The summed E-state index contributed by atoms with van der Waals surface area (Å²) in [5.41, 5.74) is 1.17. The summed E-state index contributed by atoms with van der Waals surface area (Å²) >= 11 is 0. The van der Waals surface area contributed by atoms with E-state index >= 15 is 0 Å². The molecule has 108 valence electrons. The Kier molecular flexibility index (Phi) is 4.22. The van der Waals surface area contributed by atoms with Gasteiger partial charge in [-0.15, -0.1) is 0 Å². The van der Waals surface area contributed by atoms with Gasteiger partial charge in [0.05, 0.1) is 4.92 Å². The average molecular weight is 288 g/mol. The van der Waals surface area contributed by atoms with Crippen LogP contribution in [0.2, 0.25) is 0 Å². The Hall–Kier alpha value is -2.83. The number of rotatable bonds is 2. The molecule has 2 rings (SSSR count). The summed E-state index contributed by atoms with van der Waals surface area (Å²) in [5.74, 6) is -0.0118. The van der Waals surface area contributed by atoms with Crippen LogP contribution in [-0.4, -0.2) is 16.5 Å². The van der Waals surface area contributed by atoms with Crippen LogP contribution in [0.1, 0.15) is 13.3 Å². The van der Waals surface area contributed by atoms with Crippen molar-refractivity contribution in [1.29, 1.82) is 0 Å². The second-order valence-electron chi connectivity index (χ2n) is 4.40. The van der Waals surface area contributed by atoms with Gasteiger partial charge in [-0.2, -0.15) is 0 Å². The number of allylic oxidation sites excluding steroid dienone is 4. The van der Waals surface area contributed by atoms with E-state index in [9.17, 15) is 14.5 Å². The van der Waals surface area contributed by atoms with E-state index in [1.165, 1.54) is 12.2 Å². The van der Waals surface area contributed by atoms with Crippen LogP contribution in [0.15, 0.2) is 70.0 Å². The molecule has 2 aliphatic heterocycles. The van der Waals surface area contributed by atoms with Gasteiger partial charge in [-0.1, -0.05) is 6.58 Å². The van der Waals surface area contributed by atoms with Crippen LogP contribution in [0.4, 0.5) is 4.39 Å². The molecule has 0 saturated heterocycles. The van der Waals surface area contributed by atoms with Crippen molar-refractivity contribution in [3.8, 4) is 0 Å². The topological polar surface area (TPSA) is 79.9 Å². The summed E-state index contributed by atoms with van der Waals surface area (Å²) in [6.07, 6.45) is 7.21. The SMILES string of the molecule is C=C1NC(/C2=C/N=C(C)/C=C\C(F)=C/C2)=NC=C1[N+](=O)[O-]. The molecule has 0 aromatic rings. The monoisotopic (exact) mass is 288 g/mol. The van der Waals surface area contributed by atoms with Crippen LogP contribution >= 0.6 is 0 Å². The molecule has 1 N–H and O–H groups in total. The number of nitrogens with one attached hydrogen (secondary N) is 1. The van der Waals surface area contributed by atoms with Gasteiger partial charge in [0.1, 0.15) is 23.6 Å². The van der Waals surface area contributed by atoms with Crippen molar-refractivity contribution < 1.29 is 9.31 Å². The predicted molar refractivity (Wildman–Crippen MR) is 78.9 cm³/mol. The summed E-state index contributed by atoms with van der Waals surface area (Å²) in [4.78, 5) is 18.3. The van der Waals surface area contributed by atoms with Crippen molar-refractivity contribution in [1.82, 2.24) is 5.32 Å². The molecule has 0 fully saturated rings. The molecule has 2 aliphatic rings. The smallest absolute Gasteiger partial charge is 0.310 e. The maximum atomic E-state index is 13.5. The second-order valence-corrected chi connectivity index (χ2v) is 4.40. The lowest BCUT2D eigenvalue weighted by atomic mass is 10.1. The molecular weight excluding hydrogens is 275 g/mol. The molecule has 0 saturated carbocycles. The highest BCUT2D eigenvalue weighted by Crippen LogP contribution is 2.17.